The lowest BCUT2D eigenvalue weighted by atomic mass is 9.90. The number of hydrogen-bond donors (Lipinski definition) is 3. The fraction of sp³-hybridized carbons (Fsp3) is 0.727. The molecule has 1 aromatic rings. The van der Waals surface area contributed by atoms with Crippen molar-refractivity contribution in [1.82, 2.24) is 10.3 Å². The van der Waals surface area contributed by atoms with E-state index in [1.807, 2.05) is 12.1 Å². The number of nitrogens with two attached hydrogens (primary N) is 1. The molecule has 0 spiro atoms. The average molecular weight is 471 g/mol. The molecule has 0 aliphatic heterocycles. The Labute approximate surface area is 193 Å². The van der Waals surface area contributed by atoms with Crippen LogP contribution >= 0.6 is 12.2 Å². The van der Waals surface area contributed by atoms with Crippen LogP contribution in [0.15, 0.2) is 24.5 Å². The summed E-state index contributed by atoms with van der Waals surface area (Å²) >= 11 is 5.28. The number of hydrogen-bond acceptors (Lipinski definition) is 5. The third-order valence-electron chi connectivity index (χ3n) is 5.64. The summed E-state index contributed by atoms with van der Waals surface area (Å²) in [5, 5.41) is 12.2. The van der Waals surface area contributed by atoms with Gasteiger partial charge in [0, 0.05) is 31.2 Å². The summed E-state index contributed by atoms with van der Waals surface area (Å²) in [5.74, 6) is 0.495. The third kappa shape index (κ3) is 13.0. The second-order valence-corrected chi connectivity index (χ2v) is 10.5. The molecule has 9 heteroatoms. The quantitative estimate of drug-likeness (QED) is 0.279. The normalized spacial score (nSPS) is 16.0. The highest BCUT2D eigenvalue weighted by atomic mass is 32.2. The lowest BCUT2D eigenvalue weighted by Crippen LogP contribution is -2.30. The van der Waals surface area contributed by atoms with Crippen LogP contribution in [0, 0.1) is 5.92 Å². The maximum absolute atomic E-state index is 11.5. The van der Waals surface area contributed by atoms with Gasteiger partial charge in [-0.3, -0.25) is 4.98 Å². The zero-order chi connectivity index (χ0) is 22.4. The Balaban J connectivity index is 1.53. The molecule has 0 bridgehead atoms. The topological polar surface area (TPSA) is 106 Å². The summed E-state index contributed by atoms with van der Waals surface area (Å²) in [5.41, 5.74) is 0.923. The highest BCUT2D eigenvalue weighted by molar-refractivity contribution is 7.89. The van der Waals surface area contributed by atoms with Gasteiger partial charge in [0.25, 0.3) is 0 Å². The molecule has 176 valence electrons. The highest BCUT2D eigenvalue weighted by Crippen LogP contribution is 2.24. The zero-order valence-corrected chi connectivity index (χ0v) is 20.1. The van der Waals surface area contributed by atoms with Gasteiger partial charge in [-0.05, 0) is 56.0 Å². The molecule has 4 N–H and O–H groups in total. The lowest BCUT2D eigenvalue weighted by molar-refractivity contribution is 0.0271. The number of primary sulfonamides is 1. The average Bonchev–Trinajstić information content (AvgIpc) is 2.74. The summed E-state index contributed by atoms with van der Waals surface area (Å²) in [6.07, 6.45) is 15.4. The van der Waals surface area contributed by atoms with Gasteiger partial charge < -0.3 is 15.4 Å². The summed E-state index contributed by atoms with van der Waals surface area (Å²) in [6.45, 7) is 1.49. The van der Waals surface area contributed by atoms with E-state index in [-0.39, 0.29) is 11.9 Å². The van der Waals surface area contributed by atoms with Gasteiger partial charge in [-0.15, -0.1) is 0 Å². The first kappa shape index (κ1) is 26.0. The first-order valence-corrected chi connectivity index (χ1v) is 13.6. The Bertz CT molecular complexity index is 726. The van der Waals surface area contributed by atoms with E-state index in [0.29, 0.717) is 17.6 Å². The Morgan fingerprint density at radius 2 is 1.81 bits per heavy atom. The Morgan fingerprint density at radius 3 is 2.52 bits per heavy atom. The predicted octanol–water partition coefficient (Wildman–Crippen LogP) is 3.96. The maximum Gasteiger partial charge on any atom is 0.211 e. The van der Waals surface area contributed by atoms with Crippen LogP contribution in [0.5, 0.6) is 0 Å². The van der Waals surface area contributed by atoms with E-state index < -0.39 is 10.0 Å². The number of nitrogens with zero attached hydrogens (tertiary/aromatic N) is 1. The fourth-order valence-electron chi connectivity index (χ4n) is 3.94. The van der Waals surface area contributed by atoms with Gasteiger partial charge in [-0.2, -0.15) is 0 Å². The van der Waals surface area contributed by atoms with Crippen LogP contribution in [0.25, 0.3) is 0 Å². The number of sulfonamides is 1. The van der Waals surface area contributed by atoms with Crippen molar-refractivity contribution in [2.75, 3.05) is 24.2 Å². The van der Waals surface area contributed by atoms with Crippen LogP contribution in [0.3, 0.4) is 0 Å². The van der Waals surface area contributed by atoms with Gasteiger partial charge in [-0.1, -0.05) is 44.9 Å². The van der Waals surface area contributed by atoms with Crippen molar-refractivity contribution < 1.29 is 13.2 Å². The Kier molecular flexibility index (Phi) is 12.3. The maximum atomic E-state index is 11.5. The predicted molar refractivity (Wildman–Crippen MR) is 130 cm³/mol. The molecule has 0 aromatic carbocycles. The molecule has 7 nitrogen and oxygen atoms in total. The van der Waals surface area contributed by atoms with Crippen LogP contribution in [0.1, 0.15) is 70.6 Å². The molecule has 1 atom stereocenters. The van der Waals surface area contributed by atoms with Crippen molar-refractivity contribution in [2.45, 2.75) is 76.7 Å². The summed E-state index contributed by atoms with van der Waals surface area (Å²) in [4.78, 5) is 3.98. The molecule has 1 aromatic heterocycles. The number of anilines is 1. The number of aromatic nitrogens is 1. The number of thiocarbonyl (C=S) groups is 1. The molecule has 1 aliphatic carbocycles. The monoisotopic (exact) mass is 470 g/mol. The molecule has 1 unspecified atom stereocenters. The number of rotatable bonds is 14. The number of nitrogens with one attached hydrogen (secondary N) is 2. The first-order chi connectivity index (χ1) is 14.9. The van der Waals surface area contributed by atoms with Crippen LogP contribution in [0.4, 0.5) is 5.69 Å². The van der Waals surface area contributed by atoms with Crippen molar-refractivity contribution in [3.8, 4) is 0 Å². The van der Waals surface area contributed by atoms with Crippen LogP contribution in [-0.4, -0.2) is 43.5 Å². The molecule has 2 rings (SSSR count). The van der Waals surface area contributed by atoms with Gasteiger partial charge in [0.15, 0.2) is 5.11 Å². The highest BCUT2D eigenvalue weighted by Gasteiger charge is 2.20. The molecule has 0 saturated heterocycles. The SMILES string of the molecule is NS(=O)(=O)CC(CCCCCCCNC(=S)Nc1ccncc1)OCC1CCCCC1. The fourth-order valence-corrected chi connectivity index (χ4v) is 4.94. The Morgan fingerprint density at radius 1 is 1.13 bits per heavy atom. The molecule has 1 aliphatic rings. The molecule has 0 amide bonds. The van der Waals surface area contributed by atoms with E-state index in [9.17, 15) is 8.42 Å². The van der Waals surface area contributed by atoms with E-state index in [0.717, 1.165) is 50.8 Å². The van der Waals surface area contributed by atoms with Gasteiger partial charge >= 0.3 is 0 Å². The summed E-state index contributed by atoms with van der Waals surface area (Å²) in [6, 6.07) is 3.74. The smallest absolute Gasteiger partial charge is 0.211 e. The molecular weight excluding hydrogens is 432 g/mol. The Hall–Kier alpha value is -1.29. The largest absolute Gasteiger partial charge is 0.377 e. The van der Waals surface area contributed by atoms with Gasteiger partial charge in [-0.25, -0.2) is 13.6 Å². The van der Waals surface area contributed by atoms with E-state index in [2.05, 4.69) is 15.6 Å². The van der Waals surface area contributed by atoms with Crippen LogP contribution < -0.4 is 15.8 Å². The standard InChI is InChI=1S/C22H38N4O3S2/c23-31(27,28)18-21(29-17-19-9-5-4-6-10-19)11-7-2-1-3-8-14-25-22(30)26-20-12-15-24-16-13-20/h12-13,15-16,19,21H,1-11,14,17-18H2,(H2,23,27,28)(H2,24,25,26,30). The minimum Gasteiger partial charge on any atom is -0.377 e. The molecule has 1 fully saturated rings. The van der Waals surface area contributed by atoms with E-state index in [1.54, 1.807) is 12.4 Å². The van der Waals surface area contributed by atoms with Gasteiger partial charge in [0.1, 0.15) is 0 Å². The first-order valence-electron chi connectivity index (χ1n) is 11.5. The van der Waals surface area contributed by atoms with Crippen molar-refractivity contribution in [1.29, 1.82) is 0 Å². The minimum absolute atomic E-state index is 0.0778. The van der Waals surface area contributed by atoms with Crippen molar-refractivity contribution in [2.24, 2.45) is 11.1 Å². The van der Waals surface area contributed by atoms with Gasteiger partial charge in [0.05, 0.1) is 11.9 Å². The van der Waals surface area contributed by atoms with Crippen LogP contribution in [-0.2, 0) is 14.8 Å². The summed E-state index contributed by atoms with van der Waals surface area (Å²) < 4.78 is 29.1. The van der Waals surface area contributed by atoms with Crippen molar-refractivity contribution in [3.63, 3.8) is 0 Å². The molecule has 0 radical (unpaired) electrons. The number of unbranched alkanes of at least 4 members (excludes halogenated alkanes) is 4. The van der Waals surface area contributed by atoms with E-state index in [4.69, 9.17) is 22.1 Å². The van der Waals surface area contributed by atoms with Gasteiger partial charge in [0.2, 0.25) is 10.0 Å². The minimum atomic E-state index is -3.52. The number of pyridine rings is 1. The second-order valence-electron chi connectivity index (χ2n) is 8.46. The van der Waals surface area contributed by atoms with Crippen molar-refractivity contribution >= 4 is 33.0 Å². The van der Waals surface area contributed by atoms with E-state index >= 15 is 0 Å². The van der Waals surface area contributed by atoms with E-state index in [1.165, 1.54) is 32.1 Å². The second kappa shape index (κ2) is 14.7. The molecule has 31 heavy (non-hydrogen) atoms. The zero-order valence-electron chi connectivity index (χ0n) is 18.4. The lowest BCUT2D eigenvalue weighted by Gasteiger charge is -2.24. The number of ether oxygens (including phenoxy) is 1. The molecule has 1 saturated carbocycles. The molecular formula is C22H38N4O3S2. The summed E-state index contributed by atoms with van der Waals surface area (Å²) in [7, 11) is -3.52. The van der Waals surface area contributed by atoms with Crippen LogP contribution in [0.2, 0.25) is 0 Å². The third-order valence-corrected chi connectivity index (χ3v) is 6.72. The van der Waals surface area contributed by atoms with Crippen molar-refractivity contribution in [3.05, 3.63) is 24.5 Å². The molecule has 1 heterocycles.